The summed E-state index contributed by atoms with van der Waals surface area (Å²) in [6.45, 7) is 8.19. The molecule has 0 aromatic carbocycles. The van der Waals surface area contributed by atoms with Gasteiger partial charge in [-0.1, -0.05) is 18.5 Å². The lowest BCUT2D eigenvalue weighted by molar-refractivity contribution is -0.127. The van der Waals surface area contributed by atoms with E-state index in [0.717, 1.165) is 39.0 Å². The van der Waals surface area contributed by atoms with E-state index in [1.54, 1.807) is 0 Å². The molecule has 5 fully saturated rings. The van der Waals surface area contributed by atoms with E-state index in [9.17, 15) is 4.79 Å². The fourth-order valence-electron chi connectivity index (χ4n) is 6.07. The van der Waals surface area contributed by atoms with Gasteiger partial charge in [-0.3, -0.25) is 9.69 Å². The zero-order valence-electron chi connectivity index (χ0n) is 17.9. The molecular weight excluding hydrogens is 366 g/mol. The van der Waals surface area contributed by atoms with Crippen molar-refractivity contribution in [3.8, 4) is 0 Å². The number of carbonyl (C=O) groups excluding carboxylic acids is 1. The molecule has 2 aliphatic carbocycles. The minimum absolute atomic E-state index is 0.202. The maximum Gasteiger partial charge on any atom is 0.324 e. The molecular formula is C22H35N5O2. The van der Waals surface area contributed by atoms with Gasteiger partial charge in [0.05, 0.1) is 0 Å². The third-order valence-corrected chi connectivity index (χ3v) is 8.18. The van der Waals surface area contributed by atoms with Crippen molar-refractivity contribution in [1.29, 1.82) is 0 Å². The van der Waals surface area contributed by atoms with Crippen molar-refractivity contribution in [3.05, 3.63) is 5.82 Å². The van der Waals surface area contributed by atoms with Crippen LogP contribution in [-0.4, -0.2) is 59.2 Å². The van der Waals surface area contributed by atoms with Crippen molar-refractivity contribution in [3.63, 3.8) is 0 Å². The Hall–Kier alpha value is -1.63. The van der Waals surface area contributed by atoms with Gasteiger partial charge in [-0.15, -0.1) is 0 Å². The van der Waals surface area contributed by atoms with Gasteiger partial charge in [0.15, 0.2) is 5.82 Å². The van der Waals surface area contributed by atoms with Gasteiger partial charge in [-0.2, -0.15) is 4.98 Å². The Morgan fingerprint density at radius 3 is 2.62 bits per heavy atom. The first kappa shape index (κ1) is 19.3. The van der Waals surface area contributed by atoms with Crippen LogP contribution >= 0.6 is 0 Å². The zero-order valence-corrected chi connectivity index (χ0v) is 17.9. The highest BCUT2D eigenvalue weighted by Gasteiger charge is 2.45. The molecule has 1 aromatic rings. The molecule has 4 heterocycles. The number of aryl methyl sites for hydroxylation is 1. The topological polar surface area (TPSA) is 74.5 Å². The van der Waals surface area contributed by atoms with E-state index >= 15 is 0 Å². The fourth-order valence-corrected chi connectivity index (χ4v) is 6.07. The molecule has 1 aromatic heterocycles. The molecule has 160 valence electrons. The summed E-state index contributed by atoms with van der Waals surface area (Å²) in [5, 5.41) is 7.23. The number of carbonyl (C=O) groups is 1. The lowest BCUT2D eigenvalue weighted by Crippen LogP contribution is -2.60. The number of nitrogens with zero attached hydrogens (tertiary/aromatic N) is 4. The van der Waals surface area contributed by atoms with E-state index in [0.29, 0.717) is 41.2 Å². The molecule has 3 aliphatic heterocycles. The molecule has 0 spiro atoms. The number of likely N-dealkylation sites (tertiary alicyclic amines) is 1. The van der Waals surface area contributed by atoms with Crippen molar-refractivity contribution in [2.75, 3.05) is 31.1 Å². The SMILES string of the molecule is Cc1noc(N2CC3CCC2CC3N2CCC(C(=O)NCC3(C)CCC3)CC2)n1. The van der Waals surface area contributed by atoms with Crippen molar-refractivity contribution in [2.24, 2.45) is 17.3 Å². The summed E-state index contributed by atoms with van der Waals surface area (Å²) in [5.41, 5.74) is 0.362. The van der Waals surface area contributed by atoms with Gasteiger partial charge < -0.3 is 14.7 Å². The van der Waals surface area contributed by atoms with E-state index in [1.165, 1.54) is 38.5 Å². The van der Waals surface area contributed by atoms with Gasteiger partial charge in [-0.05, 0) is 76.3 Å². The number of rotatable bonds is 5. The van der Waals surface area contributed by atoms with Gasteiger partial charge in [0.25, 0.3) is 0 Å². The third kappa shape index (κ3) is 3.78. The molecule has 3 saturated heterocycles. The second kappa shape index (κ2) is 7.56. The minimum Gasteiger partial charge on any atom is -0.355 e. The summed E-state index contributed by atoms with van der Waals surface area (Å²) in [4.78, 5) is 22.1. The minimum atomic E-state index is 0.202. The molecule has 0 radical (unpaired) electrons. The lowest BCUT2D eigenvalue weighted by Gasteiger charge is -2.53. The van der Waals surface area contributed by atoms with Crippen LogP contribution in [0.1, 0.15) is 64.1 Å². The predicted molar refractivity (Wildman–Crippen MR) is 111 cm³/mol. The highest BCUT2D eigenvalue weighted by molar-refractivity contribution is 5.78. The molecule has 1 amide bonds. The van der Waals surface area contributed by atoms with E-state index in [4.69, 9.17) is 4.52 Å². The first-order valence-corrected chi connectivity index (χ1v) is 11.6. The first-order chi connectivity index (χ1) is 14.0. The highest BCUT2D eigenvalue weighted by Crippen LogP contribution is 2.41. The summed E-state index contributed by atoms with van der Waals surface area (Å²) >= 11 is 0. The Bertz CT molecular complexity index is 737. The predicted octanol–water partition coefficient (Wildman–Crippen LogP) is 2.75. The smallest absolute Gasteiger partial charge is 0.324 e. The summed E-state index contributed by atoms with van der Waals surface area (Å²) in [6, 6.07) is 1.85. The van der Waals surface area contributed by atoms with Gasteiger partial charge in [0.1, 0.15) is 0 Å². The average Bonchev–Trinajstić information content (AvgIpc) is 3.17. The fraction of sp³-hybridized carbons (Fsp3) is 0.864. The number of hydrogen-bond acceptors (Lipinski definition) is 6. The number of piperidine rings is 3. The number of nitrogens with one attached hydrogen (secondary N) is 1. The number of hydrogen-bond donors (Lipinski definition) is 1. The summed E-state index contributed by atoms with van der Waals surface area (Å²) in [7, 11) is 0. The number of amides is 1. The number of fused-ring (bicyclic) bond motifs is 3. The van der Waals surface area contributed by atoms with Crippen LogP contribution < -0.4 is 10.2 Å². The van der Waals surface area contributed by atoms with Crippen LogP contribution in [0.4, 0.5) is 6.01 Å². The van der Waals surface area contributed by atoms with Gasteiger partial charge in [-0.25, -0.2) is 0 Å². The summed E-state index contributed by atoms with van der Waals surface area (Å²) in [6.07, 6.45) is 9.54. The quantitative estimate of drug-likeness (QED) is 0.818. The van der Waals surface area contributed by atoms with E-state index in [1.807, 2.05) is 6.92 Å². The van der Waals surface area contributed by atoms with E-state index in [-0.39, 0.29) is 5.92 Å². The molecule has 1 N–H and O–H groups in total. The first-order valence-electron chi connectivity index (χ1n) is 11.6. The van der Waals surface area contributed by atoms with E-state index < -0.39 is 0 Å². The Morgan fingerprint density at radius 1 is 1.24 bits per heavy atom. The van der Waals surface area contributed by atoms with Gasteiger partial charge in [0.2, 0.25) is 5.91 Å². The van der Waals surface area contributed by atoms with Crippen LogP contribution in [0.5, 0.6) is 0 Å². The van der Waals surface area contributed by atoms with Gasteiger partial charge >= 0.3 is 6.01 Å². The lowest BCUT2D eigenvalue weighted by atomic mass is 9.70. The maximum absolute atomic E-state index is 12.6. The standard InChI is InChI=1S/C22H35N5O2/c1-15-24-21(29-25-15)27-13-17-4-5-18(27)12-19(17)26-10-6-16(7-11-26)20(28)23-14-22(2)8-3-9-22/h16-19H,3-14H2,1-2H3,(H,23,28). The monoisotopic (exact) mass is 401 g/mol. The molecule has 3 unspecified atom stereocenters. The van der Waals surface area contributed by atoms with Crippen LogP contribution in [0.2, 0.25) is 0 Å². The molecule has 2 saturated carbocycles. The molecule has 7 heteroatoms. The van der Waals surface area contributed by atoms with Crippen LogP contribution in [0.3, 0.4) is 0 Å². The molecule has 7 nitrogen and oxygen atoms in total. The Labute approximate surface area is 173 Å². The second-order valence-electron chi connectivity index (χ2n) is 10.3. The van der Waals surface area contributed by atoms with Crippen molar-refractivity contribution >= 4 is 11.9 Å². The largest absolute Gasteiger partial charge is 0.355 e. The average molecular weight is 402 g/mol. The molecule has 29 heavy (non-hydrogen) atoms. The molecule has 6 rings (SSSR count). The van der Waals surface area contributed by atoms with Crippen LogP contribution in [0, 0.1) is 24.2 Å². The number of anilines is 1. The second-order valence-corrected chi connectivity index (χ2v) is 10.3. The van der Waals surface area contributed by atoms with Gasteiger partial charge in [0, 0.05) is 31.1 Å². The van der Waals surface area contributed by atoms with Crippen molar-refractivity contribution in [1.82, 2.24) is 20.4 Å². The van der Waals surface area contributed by atoms with Crippen LogP contribution in [0.15, 0.2) is 4.52 Å². The maximum atomic E-state index is 12.6. The highest BCUT2D eigenvalue weighted by atomic mass is 16.5. The molecule has 3 atom stereocenters. The Kier molecular flexibility index (Phi) is 5.04. The normalized spacial score (nSPS) is 32.2. The van der Waals surface area contributed by atoms with Crippen LogP contribution in [-0.2, 0) is 4.79 Å². The molecule has 5 aliphatic rings. The van der Waals surface area contributed by atoms with Crippen molar-refractivity contribution in [2.45, 2.75) is 77.3 Å². The zero-order chi connectivity index (χ0) is 20.0. The molecule has 2 bridgehead atoms. The summed E-state index contributed by atoms with van der Waals surface area (Å²) < 4.78 is 5.44. The van der Waals surface area contributed by atoms with Crippen molar-refractivity contribution < 1.29 is 9.32 Å². The Morgan fingerprint density at radius 2 is 2.03 bits per heavy atom. The third-order valence-electron chi connectivity index (χ3n) is 8.18. The van der Waals surface area contributed by atoms with Crippen LogP contribution in [0.25, 0.3) is 0 Å². The van der Waals surface area contributed by atoms with E-state index in [2.05, 4.69) is 32.2 Å². The Balaban J connectivity index is 1.12. The summed E-state index contributed by atoms with van der Waals surface area (Å²) in [5.74, 6) is 1.87. The number of aromatic nitrogens is 2.